The third kappa shape index (κ3) is 3.45. The van der Waals surface area contributed by atoms with Gasteiger partial charge in [-0.05, 0) is 59.9 Å². The van der Waals surface area contributed by atoms with Crippen LogP contribution in [0.15, 0.2) is 29.6 Å². The third-order valence-electron chi connectivity index (χ3n) is 5.35. The van der Waals surface area contributed by atoms with Gasteiger partial charge >= 0.3 is 0 Å². The lowest BCUT2D eigenvalue weighted by Gasteiger charge is -2.35. The summed E-state index contributed by atoms with van der Waals surface area (Å²) in [6.07, 6.45) is 5.68. The highest BCUT2D eigenvalue weighted by Gasteiger charge is 2.29. The Morgan fingerprint density at radius 2 is 2.20 bits per heavy atom. The number of hydrogen-bond acceptors (Lipinski definition) is 3. The van der Waals surface area contributed by atoms with Gasteiger partial charge in [0.15, 0.2) is 0 Å². The number of carbonyl (C=O) groups is 1. The van der Waals surface area contributed by atoms with E-state index in [1.165, 1.54) is 16.7 Å². The number of fused-ring (bicyclic) bond motifs is 2. The zero-order valence-electron chi connectivity index (χ0n) is 14.8. The Morgan fingerprint density at radius 3 is 3.00 bits per heavy atom. The van der Waals surface area contributed by atoms with Crippen LogP contribution in [0.3, 0.4) is 0 Å². The van der Waals surface area contributed by atoms with Crippen molar-refractivity contribution < 1.29 is 9.53 Å². The normalized spacial score (nSPS) is 18.4. The molecule has 0 fully saturated rings. The molecular weight excluding hydrogens is 330 g/mol. The Kier molecular flexibility index (Phi) is 4.80. The van der Waals surface area contributed by atoms with E-state index in [1.54, 1.807) is 11.3 Å². The molecular formula is C21H25NO2S. The highest BCUT2D eigenvalue weighted by atomic mass is 32.1. The zero-order valence-corrected chi connectivity index (χ0v) is 15.6. The standard InChI is InChI=1S/C21H25NO2S/c1-2-8-22(21(23)14-19-4-3-10-25-19)18-6-5-15-11-16-7-9-24-20(16)13-17(15)12-18/h3-4,10-11,13,18H,2,5-9,12,14H2,1H3. The van der Waals surface area contributed by atoms with Crippen LogP contribution in [0.5, 0.6) is 5.75 Å². The van der Waals surface area contributed by atoms with E-state index in [1.807, 2.05) is 11.4 Å². The van der Waals surface area contributed by atoms with E-state index in [0.29, 0.717) is 12.5 Å². The van der Waals surface area contributed by atoms with E-state index < -0.39 is 0 Å². The van der Waals surface area contributed by atoms with Gasteiger partial charge in [0.25, 0.3) is 0 Å². The Bertz CT molecular complexity index is 754. The summed E-state index contributed by atoms with van der Waals surface area (Å²) in [5.41, 5.74) is 4.20. The molecule has 0 spiro atoms. The van der Waals surface area contributed by atoms with Crippen molar-refractivity contribution in [3.63, 3.8) is 0 Å². The number of nitrogens with zero attached hydrogens (tertiary/aromatic N) is 1. The number of thiophene rings is 1. The molecule has 4 heteroatoms. The predicted molar refractivity (Wildman–Crippen MR) is 101 cm³/mol. The van der Waals surface area contributed by atoms with Crippen molar-refractivity contribution in [2.24, 2.45) is 0 Å². The fraction of sp³-hybridized carbons (Fsp3) is 0.476. The molecule has 2 heterocycles. The molecule has 0 bridgehead atoms. The van der Waals surface area contributed by atoms with Crippen LogP contribution in [-0.4, -0.2) is 30.0 Å². The highest BCUT2D eigenvalue weighted by Crippen LogP contribution is 2.34. The average Bonchev–Trinajstić information content (AvgIpc) is 3.28. The van der Waals surface area contributed by atoms with Crippen LogP contribution in [0.4, 0.5) is 0 Å². The second-order valence-corrected chi connectivity index (χ2v) is 8.10. The van der Waals surface area contributed by atoms with Crippen molar-refractivity contribution in [1.29, 1.82) is 0 Å². The Morgan fingerprint density at radius 1 is 1.28 bits per heavy atom. The molecule has 3 nitrogen and oxygen atoms in total. The maximum Gasteiger partial charge on any atom is 0.228 e. The summed E-state index contributed by atoms with van der Waals surface area (Å²) in [5, 5.41) is 2.05. The van der Waals surface area contributed by atoms with E-state index in [2.05, 4.69) is 30.0 Å². The molecule has 1 aliphatic heterocycles. The van der Waals surface area contributed by atoms with Gasteiger partial charge in [-0.25, -0.2) is 0 Å². The first-order valence-corrected chi connectivity index (χ1v) is 10.2. The first kappa shape index (κ1) is 16.6. The molecule has 132 valence electrons. The summed E-state index contributed by atoms with van der Waals surface area (Å²) in [6.45, 7) is 3.82. The van der Waals surface area contributed by atoms with Crippen molar-refractivity contribution in [3.05, 3.63) is 51.2 Å². The topological polar surface area (TPSA) is 29.5 Å². The smallest absolute Gasteiger partial charge is 0.228 e. The molecule has 1 atom stereocenters. The van der Waals surface area contributed by atoms with Crippen molar-refractivity contribution >= 4 is 17.2 Å². The molecule has 0 saturated heterocycles. The van der Waals surface area contributed by atoms with Gasteiger partial charge in [0.05, 0.1) is 13.0 Å². The van der Waals surface area contributed by atoms with Gasteiger partial charge in [-0.3, -0.25) is 4.79 Å². The molecule has 1 aromatic heterocycles. The molecule has 2 aromatic rings. The number of benzene rings is 1. The monoisotopic (exact) mass is 355 g/mol. The van der Waals surface area contributed by atoms with Gasteiger partial charge in [0.1, 0.15) is 5.75 Å². The van der Waals surface area contributed by atoms with E-state index in [-0.39, 0.29) is 5.91 Å². The number of hydrogen-bond donors (Lipinski definition) is 0. The second kappa shape index (κ2) is 7.20. The maximum absolute atomic E-state index is 12.9. The quantitative estimate of drug-likeness (QED) is 0.811. The van der Waals surface area contributed by atoms with Gasteiger partial charge in [-0.2, -0.15) is 0 Å². The molecule has 2 aliphatic rings. The van der Waals surface area contributed by atoms with Crippen LogP contribution in [0.2, 0.25) is 0 Å². The molecule has 1 aromatic carbocycles. The summed E-state index contributed by atoms with van der Waals surface area (Å²) >= 11 is 1.67. The van der Waals surface area contributed by atoms with E-state index in [9.17, 15) is 4.79 Å². The van der Waals surface area contributed by atoms with Crippen LogP contribution < -0.4 is 4.74 Å². The molecule has 1 aliphatic carbocycles. The van der Waals surface area contributed by atoms with Crippen LogP contribution in [0.1, 0.15) is 41.3 Å². The van der Waals surface area contributed by atoms with Gasteiger partial charge in [-0.15, -0.1) is 11.3 Å². The summed E-state index contributed by atoms with van der Waals surface area (Å²) < 4.78 is 5.75. The summed E-state index contributed by atoms with van der Waals surface area (Å²) in [5.74, 6) is 1.33. The van der Waals surface area contributed by atoms with Crippen molar-refractivity contribution in [1.82, 2.24) is 4.90 Å². The van der Waals surface area contributed by atoms with Crippen LogP contribution >= 0.6 is 11.3 Å². The van der Waals surface area contributed by atoms with Gasteiger partial charge < -0.3 is 9.64 Å². The first-order chi connectivity index (χ1) is 12.2. The minimum atomic E-state index is 0.273. The summed E-state index contributed by atoms with van der Waals surface area (Å²) in [7, 11) is 0. The lowest BCUT2D eigenvalue weighted by molar-refractivity contribution is -0.133. The predicted octanol–water partition coefficient (Wildman–Crippen LogP) is 4.02. The molecule has 1 amide bonds. The number of aryl methyl sites for hydroxylation is 1. The minimum Gasteiger partial charge on any atom is -0.493 e. The van der Waals surface area contributed by atoms with Crippen molar-refractivity contribution in [2.45, 2.75) is 51.5 Å². The summed E-state index contributed by atoms with van der Waals surface area (Å²) in [4.78, 5) is 16.2. The molecule has 0 N–H and O–H groups in total. The lowest BCUT2D eigenvalue weighted by atomic mass is 9.85. The average molecular weight is 356 g/mol. The van der Waals surface area contributed by atoms with Gasteiger partial charge in [-0.1, -0.05) is 19.1 Å². The van der Waals surface area contributed by atoms with Gasteiger partial charge in [0.2, 0.25) is 5.91 Å². The number of amides is 1. The fourth-order valence-electron chi connectivity index (χ4n) is 4.10. The van der Waals surface area contributed by atoms with Crippen LogP contribution in [-0.2, 0) is 30.5 Å². The lowest BCUT2D eigenvalue weighted by Crippen LogP contribution is -2.44. The largest absolute Gasteiger partial charge is 0.493 e. The highest BCUT2D eigenvalue weighted by molar-refractivity contribution is 7.10. The van der Waals surface area contributed by atoms with Crippen molar-refractivity contribution in [3.8, 4) is 5.75 Å². The van der Waals surface area contributed by atoms with Crippen LogP contribution in [0.25, 0.3) is 0 Å². The number of rotatable bonds is 5. The number of carbonyl (C=O) groups excluding carboxylic acids is 1. The Labute approximate surface area is 153 Å². The van der Waals surface area contributed by atoms with Crippen LogP contribution in [0, 0.1) is 0 Å². The Balaban J connectivity index is 1.52. The molecule has 25 heavy (non-hydrogen) atoms. The molecule has 0 saturated carbocycles. The van der Waals surface area contributed by atoms with Crippen molar-refractivity contribution in [2.75, 3.05) is 13.2 Å². The Hall–Kier alpha value is -1.81. The first-order valence-electron chi connectivity index (χ1n) is 9.34. The van der Waals surface area contributed by atoms with E-state index in [0.717, 1.165) is 55.9 Å². The van der Waals surface area contributed by atoms with E-state index >= 15 is 0 Å². The third-order valence-corrected chi connectivity index (χ3v) is 6.22. The SMILES string of the molecule is CCCN(C(=O)Cc1cccs1)C1CCc2cc3c(cc2C1)OCC3. The molecule has 1 unspecified atom stereocenters. The van der Waals surface area contributed by atoms with E-state index in [4.69, 9.17) is 4.74 Å². The second-order valence-electron chi connectivity index (χ2n) is 7.07. The maximum atomic E-state index is 12.9. The number of ether oxygens (including phenoxy) is 1. The minimum absolute atomic E-state index is 0.273. The fourth-order valence-corrected chi connectivity index (χ4v) is 4.80. The van der Waals surface area contributed by atoms with Gasteiger partial charge in [0, 0.05) is 23.9 Å². The molecule has 4 rings (SSSR count). The zero-order chi connectivity index (χ0) is 17.2. The summed E-state index contributed by atoms with van der Waals surface area (Å²) in [6, 6.07) is 8.97. The molecule has 0 radical (unpaired) electrons.